The number of amides is 4. The number of likely N-dealkylation sites (N-methyl/N-ethyl adjacent to an activating group) is 1. The normalized spacial score (nSPS) is 22.0. The second kappa shape index (κ2) is 42.2. The Morgan fingerprint density at radius 3 is 1.80 bits per heavy atom. The van der Waals surface area contributed by atoms with Gasteiger partial charge in [-0.25, -0.2) is 4.68 Å². The minimum absolute atomic E-state index is 0.0122. The highest BCUT2D eigenvalue weighted by Crippen LogP contribution is 2.48. The highest BCUT2D eigenvalue weighted by Gasteiger charge is 2.47. The smallest absolute Gasteiger partial charge is 0.497 e. The molecule has 2 fully saturated rings. The third-order valence-corrected chi connectivity index (χ3v) is 19.3. The lowest BCUT2D eigenvalue weighted by Gasteiger charge is -2.39. The zero-order valence-electron chi connectivity index (χ0n) is 61.6. The monoisotopic (exact) mass is 1620 g/mol. The number of halogens is 1. The van der Waals surface area contributed by atoms with Crippen LogP contribution in [0.15, 0.2) is 90.2 Å². The van der Waals surface area contributed by atoms with Crippen molar-refractivity contribution in [3.63, 3.8) is 0 Å². The molecule has 2 saturated heterocycles. The number of aromatic nitrogens is 4. The van der Waals surface area contributed by atoms with Crippen LogP contribution in [0, 0.1) is 0 Å². The van der Waals surface area contributed by atoms with Gasteiger partial charge in [0.1, 0.15) is 66.0 Å². The molecule has 112 heavy (non-hydrogen) atoms. The number of methoxy groups -OCH3 is 1. The van der Waals surface area contributed by atoms with E-state index < -0.39 is 114 Å². The molecular weight excluding hydrogens is 1520 g/mol. The van der Waals surface area contributed by atoms with Gasteiger partial charge in [0, 0.05) is 72.0 Å². The van der Waals surface area contributed by atoms with Gasteiger partial charge in [-0.2, -0.15) is 0 Å². The summed E-state index contributed by atoms with van der Waals surface area (Å²) in [5, 5.41) is 95.9. The largest absolute Gasteiger partial charge is 0.501 e. The van der Waals surface area contributed by atoms with Crippen molar-refractivity contribution in [2.24, 2.45) is 5.16 Å². The van der Waals surface area contributed by atoms with Crippen molar-refractivity contribution in [2.75, 3.05) is 170 Å². The number of H-pyrrole nitrogens is 1. The number of carbonyl (C=O) groups is 4. The van der Waals surface area contributed by atoms with Gasteiger partial charge in [-0.1, -0.05) is 16.4 Å². The van der Waals surface area contributed by atoms with Gasteiger partial charge in [-0.05, 0) is 78.0 Å². The Labute approximate surface area is 647 Å². The highest BCUT2D eigenvalue weighted by atomic mass is 35.5. The first-order chi connectivity index (χ1) is 54.1. The summed E-state index contributed by atoms with van der Waals surface area (Å²) in [7, 11) is -2.44. The molecule has 0 radical (unpaired) electrons. The number of rotatable bonds is 47. The Morgan fingerprint density at radius 1 is 0.634 bits per heavy atom. The molecule has 6 aromatic rings. The number of alkyl halides is 1. The predicted molar refractivity (Wildman–Crippen MR) is 391 cm³/mol. The van der Waals surface area contributed by atoms with E-state index in [1.807, 2.05) is 0 Å². The van der Waals surface area contributed by atoms with Gasteiger partial charge in [-0.3, -0.25) is 24.1 Å². The molecule has 4 aliphatic rings. The summed E-state index contributed by atoms with van der Waals surface area (Å²) in [6.45, 7) is 6.33. The second-order valence-electron chi connectivity index (χ2n) is 25.8. The van der Waals surface area contributed by atoms with Gasteiger partial charge in [-0.15, -0.1) is 25.1 Å². The highest BCUT2D eigenvalue weighted by molar-refractivity contribution is 7.82. The van der Waals surface area contributed by atoms with Crippen LogP contribution in [0.3, 0.4) is 0 Å². The van der Waals surface area contributed by atoms with Crippen LogP contribution >= 0.6 is 11.6 Å². The zero-order valence-corrected chi connectivity index (χ0v) is 63.2. The molecule has 4 aliphatic heterocycles. The molecule has 9 N–H and O–H groups in total. The lowest BCUT2D eigenvalue weighted by molar-refractivity contribution is -0.301. The van der Waals surface area contributed by atoms with Crippen molar-refractivity contribution < 1.29 is 143 Å². The van der Waals surface area contributed by atoms with Gasteiger partial charge < -0.3 is 130 Å². The molecule has 4 aromatic carbocycles. The van der Waals surface area contributed by atoms with Gasteiger partial charge >= 0.3 is 10.4 Å². The molecule has 2 unspecified atom stereocenters. The van der Waals surface area contributed by atoms with Crippen molar-refractivity contribution in [1.82, 2.24) is 29.8 Å². The Kier molecular flexibility index (Phi) is 32.5. The number of carbonyl (C=O) groups excluding carboxylic acids is 4. The lowest BCUT2D eigenvalue weighted by Crippen LogP contribution is -2.60. The van der Waals surface area contributed by atoms with Crippen LogP contribution in [-0.4, -0.2) is 335 Å². The van der Waals surface area contributed by atoms with E-state index >= 15 is 0 Å². The first-order valence-corrected chi connectivity index (χ1v) is 37.8. The fraction of sp³-hybridized carbons (Fsp3) is 0.542. The Bertz CT molecular complexity index is 4250. The number of aromatic amines is 1. The summed E-state index contributed by atoms with van der Waals surface area (Å²) in [5.74, 6) is -3.50. The van der Waals surface area contributed by atoms with E-state index in [-0.39, 0.29) is 117 Å². The van der Waals surface area contributed by atoms with Crippen LogP contribution < -0.4 is 22.7 Å². The first kappa shape index (κ1) is 86.2. The Hall–Kier alpha value is -8.21. The van der Waals surface area contributed by atoms with Crippen LogP contribution in [0.2, 0.25) is 0 Å². The minimum atomic E-state index is -5.34. The number of hydrogen-bond donors (Lipinski definition) is 9. The van der Waals surface area contributed by atoms with E-state index in [1.54, 1.807) is 54.2 Å². The van der Waals surface area contributed by atoms with E-state index in [0.29, 0.717) is 118 Å². The standard InChI is InChI=1S/C72H93ClN8O30S/c1-43(76-109-72-68(91)66(89)64(87)59(41-83)108-72)44-4-8-52-46(32-44)33-53(74-52)70(93)81-38-47(37-73)62-51-35-49(96-3)6-7-50(51)56(36-54(62)81)110-112(94,95)111-57-34-45(5-9-55(57)106-71-67(90)65(88)63(86)58(40-82)107-71)69(92)78(2)12-15-97-18-21-100-22-19-98-16-13-79-39-48(75-77-79)42-105-31-30-104-29-28-103-27-26-102-25-24-101-23-20-99-17-14-80-60(84)10-11-61(80)85/h4-11,32-36,39,47,58-59,63-68,71-72,74,82-83,86-91H,12-31,37-38,40-42H2,1-3H3/b76-43+/t47-,58-,59?,63+,64+,65+,66+,67-,68-,71-,72?/m1/s1. The van der Waals surface area contributed by atoms with E-state index in [1.165, 1.54) is 54.3 Å². The third-order valence-electron chi connectivity index (χ3n) is 18.1. The number of imide groups is 1. The summed E-state index contributed by atoms with van der Waals surface area (Å²) in [5.41, 5.74) is 2.70. The molecular formula is C72H93ClN8O30S. The maximum absolute atomic E-state index is 14.8. The third kappa shape index (κ3) is 23.1. The summed E-state index contributed by atoms with van der Waals surface area (Å²) < 4.78 is 115. The number of benzene rings is 4. The van der Waals surface area contributed by atoms with Crippen LogP contribution in [0.4, 0.5) is 5.69 Å². The van der Waals surface area contributed by atoms with Crippen molar-refractivity contribution in [2.45, 2.75) is 87.4 Å². The van der Waals surface area contributed by atoms with Crippen LogP contribution in [0.25, 0.3) is 21.7 Å². The number of ether oxygens (including phenoxy) is 13. The average molecular weight is 1620 g/mol. The van der Waals surface area contributed by atoms with Crippen molar-refractivity contribution in [3.8, 4) is 23.0 Å². The number of hydrogen-bond acceptors (Lipinski definition) is 33. The first-order valence-electron chi connectivity index (χ1n) is 35.9. The van der Waals surface area contributed by atoms with Gasteiger partial charge in [0.25, 0.3) is 29.9 Å². The van der Waals surface area contributed by atoms with Gasteiger partial charge in [0.15, 0.2) is 17.2 Å². The van der Waals surface area contributed by atoms with Crippen LogP contribution in [0.1, 0.15) is 50.5 Å². The second-order valence-corrected chi connectivity index (χ2v) is 27.3. The number of nitrogens with one attached hydrogen (secondary N) is 1. The zero-order chi connectivity index (χ0) is 79.8. The lowest BCUT2D eigenvalue weighted by atomic mass is 9.95. The number of nitrogens with zero attached hydrogens (tertiary/aromatic N) is 7. The fourth-order valence-corrected chi connectivity index (χ4v) is 13.1. The number of aliphatic hydroxyl groups excluding tert-OH is 8. The maximum Gasteiger partial charge on any atom is 0.501 e. The SMILES string of the molecule is COc1ccc2c(OS(=O)(=O)Oc3cc(C(=O)N(C)CCOCCOCCOCCn4cc(COCCOCCOCCOCCOCCOCCN5C(=O)C=CC5=O)nn4)ccc3O[C@@H]3O[C@H](CO)[C@H](O)[C@H](O)[C@H]3O)cc3c(c2c1)[C@H](CCl)CN3C(=O)c1cc2cc(/C(C)=N/OC3OC(CO)[C@H](O)[C@H](O)[C@H]3O)ccc2[nH]1. The van der Waals surface area contributed by atoms with Crippen molar-refractivity contribution in [3.05, 3.63) is 113 Å². The average Bonchev–Trinajstić information content (AvgIpc) is 1.57. The quantitative estimate of drug-likeness (QED) is 0.00777. The van der Waals surface area contributed by atoms with Crippen LogP contribution in [-0.2, 0) is 90.1 Å². The molecule has 11 atom stereocenters. The Morgan fingerprint density at radius 2 is 1.20 bits per heavy atom. The van der Waals surface area contributed by atoms with Gasteiger partial charge in [0.2, 0.25) is 6.29 Å². The summed E-state index contributed by atoms with van der Waals surface area (Å²) in [4.78, 5) is 64.3. The molecule has 10 rings (SSSR count). The molecule has 614 valence electrons. The molecule has 40 heteroatoms. The number of aliphatic hydroxyl groups is 8. The number of anilines is 1. The van der Waals surface area contributed by atoms with E-state index in [9.17, 15) is 68.4 Å². The predicted octanol–water partition coefficient (Wildman–Crippen LogP) is -0.328. The number of oxime groups is 1. The molecule has 0 spiro atoms. The number of fused-ring (bicyclic) bond motifs is 4. The maximum atomic E-state index is 14.8. The topological polar surface area (TPSA) is 481 Å². The molecule has 0 saturated carbocycles. The molecule has 2 aromatic heterocycles. The van der Waals surface area contributed by atoms with Gasteiger partial charge in [0.05, 0.1) is 170 Å². The molecule has 0 aliphatic carbocycles. The van der Waals surface area contributed by atoms with E-state index in [4.69, 9.17) is 86.4 Å². The molecule has 0 bridgehead atoms. The molecule has 4 amide bonds. The molecule has 6 heterocycles. The summed E-state index contributed by atoms with van der Waals surface area (Å²) in [6, 6.07) is 16.1. The Balaban J connectivity index is 0.665. The van der Waals surface area contributed by atoms with E-state index in [0.717, 1.165) is 17.0 Å². The summed E-state index contributed by atoms with van der Waals surface area (Å²) in [6.07, 6.45) is -12.4. The van der Waals surface area contributed by atoms with E-state index in [2.05, 4.69) is 20.5 Å². The summed E-state index contributed by atoms with van der Waals surface area (Å²) >= 11 is 6.65. The minimum Gasteiger partial charge on any atom is -0.497 e. The van der Waals surface area contributed by atoms with Crippen LogP contribution in [0.5, 0.6) is 23.0 Å². The molecule has 38 nitrogen and oxygen atoms in total. The fourth-order valence-electron chi connectivity index (χ4n) is 12.1. The van der Waals surface area contributed by atoms with Crippen molar-refractivity contribution in [1.29, 1.82) is 0 Å². The van der Waals surface area contributed by atoms with Crippen molar-refractivity contribution >= 4 is 78.7 Å².